The molecule has 1 aromatic carbocycles. The minimum atomic E-state index is -0.683. The molecule has 1 fully saturated rings. The Kier molecular flexibility index (Phi) is 4.63. The van der Waals surface area contributed by atoms with Gasteiger partial charge in [-0.2, -0.15) is 0 Å². The van der Waals surface area contributed by atoms with E-state index < -0.39 is 12.1 Å². The SMILES string of the molecule is Cc1ccc([C@@H]2[C@H](C(=O)NC(C)C)OCC(=O)N2C)cc1. The number of nitrogens with zero attached hydrogens (tertiary/aromatic N) is 1. The lowest BCUT2D eigenvalue weighted by atomic mass is 9.96. The molecule has 0 unspecified atom stereocenters. The second-order valence-electron chi connectivity index (χ2n) is 5.76. The predicted octanol–water partition coefficient (Wildman–Crippen LogP) is 1.42. The number of benzene rings is 1. The van der Waals surface area contributed by atoms with Crippen molar-refractivity contribution >= 4 is 11.8 Å². The molecular weight excluding hydrogens is 268 g/mol. The number of likely N-dealkylation sites (N-methyl/N-ethyl adjacent to an activating group) is 1. The zero-order valence-corrected chi connectivity index (χ0v) is 12.9. The van der Waals surface area contributed by atoms with Crippen LogP contribution in [0.2, 0.25) is 0 Å². The number of nitrogens with one attached hydrogen (secondary N) is 1. The van der Waals surface area contributed by atoms with E-state index in [4.69, 9.17) is 4.74 Å². The summed E-state index contributed by atoms with van der Waals surface area (Å²) in [5.74, 6) is -0.302. The highest BCUT2D eigenvalue weighted by Gasteiger charge is 2.40. The summed E-state index contributed by atoms with van der Waals surface area (Å²) in [4.78, 5) is 25.8. The molecule has 1 N–H and O–H groups in total. The average Bonchev–Trinajstić information content (AvgIpc) is 2.42. The van der Waals surface area contributed by atoms with Gasteiger partial charge in [-0.3, -0.25) is 9.59 Å². The molecule has 0 spiro atoms. The average molecular weight is 290 g/mol. The normalized spacial score (nSPS) is 22.5. The maximum atomic E-state index is 12.3. The number of aryl methyl sites for hydroxylation is 1. The van der Waals surface area contributed by atoms with Crippen LogP contribution in [0.4, 0.5) is 0 Å². The summed E-state index contributed by atoms with van der Waals surface area (Å²) in [5, 5.41) is 2.86. The first-order valence-corrected chi connectivity index (χ1v) is 7.14. The summed E-state index contributed by atoms with van der Waals surface area (Å²) in [6, 6.07) is 7.45. The molecule has 0 aromatic heterocycles. The molecule has 0 saturated carbocycles. The zero-order chi connectivity index (χ0) is 15.6. The molecule has 1 saturated heterocycles. The van der Waals surface area contributed by atoms with Crippen molar-refractivity contribution in [1.82, 2.24) is 10.2 Å². The van der Waals surface area contributed by atoms with Gasteiger partial charge in [-0.15, -0.1) is 0 Å². The fourth-order valence-corrected chi connectivity index (χ4v) is 2.46. The van der Waals surface area contributed by atoms with E-state index in [1.165, 1.54) is 0 Å². The Balaban J connectivity index is 2.31. The monoisotopic (exact) mass is 290 g/mol. The molecule has 2 rings (SSSR count). The molecule has 5 heteroatoms. The predicted molar refractivity (Wildman–Crippen MR) is 79.7 cm³/mol. The number of hydrogen-bond donors (Lipinski definition) is 1. The summed E-state index contributed by atoms with van der Waals surface area (Å²) in [6.07, 6.45) is -0.683. The third-order valence-electron chi connectivity index (χ3n) is 3.59. The first-order chi connectivity index (χ1) is 9.90. The molecule has 114 valence electrons. The van der Waals surface area contributed by atoms with Crippen molar-refractivity contribution in [3.05, 3.63) is 35.4 Å². The van der Waals surface area contributed by atoms with E-state index in [1.54, 1.807) is 11.9 Å². The number of ether oxygens (including phenoxy) is 1. The molecule has 1 aliphatic heterocycles. The van der Waals surface area contributed by atoms with Gasteiger partial charge in [0.1, 0.15) is 6.61 Å². The van der Waals surface area contributed by atoms with Crippen LogP contribution in [0.25, 0.3) is 0 Å². The van der Waals surface area contributed by atoms with Gasteiger partial charge in [0.05, 0.1) is 6.04 Å². The molecule has 1 aliphatic rings. The summed E-state index contributed by atoms with van der Waals surface area (Å²) in [5.41, 5.74) is 2.03. The zero-order valence-electron chi connectivity index (χ0n) is 12.9. The van der Waals surface area contributed by atoms with Gasteiger partial charge in [0.2, 0.25) is 5.91 Å². The Morgan fingerprint density at radius 1 is 1.33 bits per heavy atom. The van der Waals surface area contributed by atoms with Gasteiger partial charge in [0.15, 0.2) is 6.10 Å². The summed E-state index contributed by atoms with van der Waals surface area (Å²) >= 11 is 0. The molecule has 0 radical (unpaired) electrons. The van der Waals surface area contributed by atoms with Gasteiger partial charge in [-0.05, 0) is 26.3 Å². The molecule has 0 aliphatic carbocycles. The van der Waals surface area contributed by atoms with Gasteiger partial charge in [-0.1, -0.05) is 29.8 Å². The van der Waals surface area contributed by atoms with E-state index in [-0.39, 0.29) is 24.5 Å². The number of amides is 2. The highest BCUT2D eigenvalue weighted by molar-refractivity contribution is 5.86. The van der Waals surface area contributed by atoms with Crippen LogP contribution in [0.3, 0.4) is 0 Å². The Morgan fingerprint density at radius 2 is 1.95 bits per heavy atom. The van der Waals surface area contributed by atoms with Crippen molar-refractivity contribution in [3.63, 3.8) is 0 Å². The molecular formula is C16H22N2O3. The van der Waals surface area contributed by atoms with Crippen LogP contribution in [0, 0.1) is 6.92 Å². The molecule has 0 bridgehead atoms. The number of carbonyl (C=O) groups is 2. The second kappa shape index (κ2) is 6.26. The maximum Gasteiger partial charge on any atom is 0.251 e. The van der Waals surface area contributed by atoms with E-state index in [0.717, 1.165) is 11.1 Å². The Bertz CT molecular complexity index is 525. The first kappa shape index (κ1) is 15.5. The summed E-state index contributed by atoms with van der Waals surface area (Å²) in [6.45, 7) is 5.74. The summed E-state index contributed by atoms with van der Waals surface area (Å²) in [7, 11) is 1.71. The molecule has 1 aromatic rings. The Morgan fingerprint density at radius 3 is 2.52 bits per heavy atom. The lowest BCUT2D eigenvalue weighted by molar-refractivity contribution is -0.162. The van der Waals surface area contributed by atoms with E-state index in [9.17, 15) is 9.59 Å². The lowest BCUT2D eigenvalue weighted by Gasteiger charge is -2.38. The highest BCUT2D eigenvalue weighted by atomic mass is 16.5. The molecule has 2 atom stereocenters. The van der Waals surface area contributed by atoms with E-state index in [1.807, 2.05) is 45.0 Å². The highest BCUT2D eigenvalue weighted by Crippen LogP contribution is 2.29. The molecule has 5 nitrogen and oxygen atoms in total. The molecule has 1 heterocycles. The van der Waals surface area contributed by atoms with Gasteiger partial charge in [0, 0.05) is 13.1 Å². The number of hydrogen-bond acceptors (Lipinski definition) is 3. The Hall–Kier alpha value is -1.88. The first-order valence-electron chi connectivity index (χ1n) is 7.14. The van der Waals surface area contributed by atoms with Gasteiger partial charge < -0.3 is 15.0 Å². The van der Waals surface area contributed by atoms with Crippen LogP contribution >= 0.6 is 0 Å². The van der Waals surface area contributed by atoms with Crippen molar-refractivity contribution in [2.45, 2.75) is 39.0 Å². The van der Waals surface area contributed by atoms with Gasteiger partial charge in [-0.25, -0.2) is 0 Å². The van der Waals surface area contributed by atoms with Gasteiger partial charge in [0.25, 0.3) is 5.91 Å². The minimum Gasteiger partial charge on any atom is -0.356 e. The maximum absolute atomic E-state index is 12.3. The van der Waals surface area contributed by atoms with Crippen LogP contribution in [-0.4, -0.2) is 42.5 Å². The van der Waals surface area contributed by atoms with E-state index in [2.05, 4.69) is 5.32 Å². The standard InChI is InChI=1S/C16H22N2O3/c1-10(2)17-16(20)15-14(18(4)13(19)9-21-15)12-7-5-11(3)6-8-12/h5-8,10,14-15H,9H2,1-4H3,(H,17,20)/t14-,15-/m1/s1. The minimum absolute atomic E-state index is 0.0303. The van der Waals surface area contributed by atoms with Crippen LogP contribution in [0.15, 0.2) is 24.3 Å². The third kappa shape index (κ3) is 3.42. The van der Waals surface area contributed by atoms with Crippen molar-refractivity contribution in [2.24, 2.45) is 0 Å². The summed E-state index contributed by atoms with van der Waals surface area (Å²) < 4.78 is 5.52. The van der Waals surface area contributed by atoms with Crippen LogP contribution in [0.1, 0.15) is 31.0 Å². The fourth-order valence-electron chi connectivity index (χ4n) is 2.46. The fraction of sp³-hybridized carbons (Fsp3) is 0.500. The van der Waals surface area contributed by atoms with Crippen LogP contribution in [0.5, 0.6) is 0 Å². The van der Waals surface area contributed by atoms with Crippen LogP contribution in [-0.2, 0) is 14.3 Å². The topological polar surface area (TPSA) is 58.6 Å². The van der Waals surface area contributed by atoms with Gasteiger partial charge >= 0.3 is 0 Å². The quantitative estimate of drug-likeness (QED) is 0.916. The van der Waals surface area contributed by atoms with Crippen molar-refractivity contribution in [3.8, 4) is 0 Å². The Labute approximate surface area is 125 Å². The van der Waals surface area contributed by atoms with E-state index in [0.29, 0.717) is 0 Å². The third-order valence-corrected chi connectivity index (χ3v) is 3.59. The van der Waals surface area contributed by atoms with Crippen molar-refractivity contribution < 1.29 is 14.3 Å². The number of morpholine rings is 1. The molecule has 21 heavy (non-hydrogen) atoms. The largest absolute Gasteiger partial charge is 0.356 e. The van der Waals surface area contributed by atoms with Crippen molar-refractivity contribution in [1.29, 1.82) is 0 Å². The number of carbonyl (C=O) groups excluding carboxylic acids is 2. The second-order valence-corrected chi connectivity index (χ2v) is 5.76. The van der Waals surface area contributed by atoms with Crippen molar-refractivity contribution in [2.75, 3.05) is 13.7 Å². The number of rotatable bonds is 3. The van der Waals surface area contributed by atoms with E-state index >= 15 is 0 Å². The van der Waals surface area contributed by atoms with Crippen LogP contribution < -0.4 is 5.32 Å². The smallest absolute Gasteiger partial charge is 0.251 e. The lowest BCUT2D eigenvalue weighted by Crippen LogP contribution is -2.53. The molecule has 2 amide bonds.